The average Bonchev–Trinajstić information content (AvgIpc) is 2.86. The monoisotopic (exact) mass is 347 g/mol. The van der Waals surface area contributed by atoms with E-state index < -0.39 is 0 Å². The van der Waals surface area contributed by atoms with Crippen LogP contribution in [0.15, 0.2) is 22.8 Å². The standard InChI is InChI=1S/C16H18BrN3O/c1-11-15(18-2)9-14-8-12(17)10-20(14)16(11)19(3)13-4-6-21-7-5-13/h8-10,13H,4-7H2,1,3H3. The second kappa shape index (κ2) is 5.70. The van der Waals surface area contributed by atoms with Gasteiger partial charge in [0.15, 0.2) is 5.69 Å². The first kappa shape index (κ1) is 14.4. The number of nitrogens with zero attached hydrogens (tertiary/aromatic N) is 3. The number of pyridine rings is 1. The molecular weight excluding hydrogens is 330 g/mol. The highest BCUT2D eigenvalue weighted by molar-refractivity contribution is 9.10. The molecule has 0 radical (unpaired) electrons. The maximum atomic E-state index is 7.41. The van der Waals surface area contributed by atoms with Crippen molar-refractivity contribution in [3.63, 3.8) is 0 Å². The number of fused-ring (bicyclic) bond motifs is 1. The summed E-state index contributed by atoms with van der Waals surface area (Å²) >= 11 is 3.54. The molecule has 0 amide bonds. The summed E-state index contributed by atoms with van der Waals surface area (Å²) in [6.45, 7) is 11.1. The first-order chi connectivity index (χ1) is 10.1. The fourth-order valence-corrected chi connectivity index (χ4v) is 3.52. The Balaban J connectivity index is 2.15. The van der Waals surface area contributed by atoms with Gasteiger partial charge in [-0.15, -0.1) is 0 Å². The van der Waals surface area contributed by atoms with Crippen LogP contribution in [0.4, 0.5) is 11.5 Å². The Hall–Kier alpha value is -1.51. The quantitative estimate of drug-likeness (QED) is 0.760. The van der Waals surface area contributed by atoms with Gasteiger partial charge in [-0.25, -0.2) is 4.85 Å². The first-order valence-electron chi connectivity index (χ1n) is 7.11. The molecule has 1 aliphatic heterocycles. The van der Waals surface area contributed by atoms with Crippen molar-refractivity contribution in [3.05, 3.63) is 39.8 Å². The average molecular weight is 348 g/mol. The molecule has 2 aromatic rings. The van der Waals surface area contributed by atoms with E-state index >= 15 is 0 Å². The SMILES string of the molecule is [C-]#[N+]c1cc2cc(Br)cn2c(N(C)C2CCOCC2)c1C. The van der Waals surface area contributed by atoms with Crippen molar-refractivity contribution in [2.24, 2.45) is 0 Å². The van der Waals surface area contributed by atoms with E-state index in [4.69, 9.17) is 11.3 Å². The maximum Gasteiger partial charge on any atom is 0.195 e. The van der Waals surface area contributed by atoms with Gasteiger partial charge >= 0.3 is 0 Å². The van der Waals surface area contributed by atoms with E-state index in [9.17, 15) is 0 Å². The lowest BCUT2D eigenvalue weighted by molar-refractivity contribution is 0.0853. The molecule has 0 aromatic carbocycles. The van der Waals surface area contributed by atoms with Gasteiger partial charge in [-0.3, -0.25) is 0 Å². The summed E-state index contributed by atoms with van der Waals surface area (Å²) in [6, 6.07) is 4.46. The molecule has 0 spiro atoms. The summed E-state index contributed by atoms with van der Waals surface area (Å²) in [5.74, 6) is 1.11. The normalized spacial score (nSPS) is 16.1. The zero-order valence-corrected chi connectivity index (χ0v) is 13.9. The number of anilines is 1. The van der Waals surface area contributed by atoms with Crippen molar-refractivity contribution in [2.75, 3.05) is 25.2 Å². The molecule has 0 bridgehead atoms. The topological polar surface area (TPSA) is 21.2 Å². The zero-order chi connectivity index (χ0) is 15.0. The predicted molar refractivity (Wildman–Crippen MR) is 88.3 cm³/mol. The smallest absolute Gasteiger partial charge is 0.195 e. The summed E-state index contributed by atoms with van der Waals surface area (Å²) in [7, 11) is 2.12. The van der Waals surface area contributed by atoms with E-state index in [-0.39, 0.29) is 0 Å². The molecule has 5 heteroatoms. The Labute approximate surface area is 133 Å². The summed E-state index contributed by atoms with van der Waals surface area (Å²) in [4.78, 5) is 6.00. The van der Waals surface area contributed by atoms with Crippen LogP contribution in [0.3, 0.4) is 0 Å². The molecule has 21 heavy (non-hydrogen) atoms. The molecule has 1 aliphatic rings. The summed E-state index contributed by atoms with van der Waals surface area (Å²) < 4.78 is 8.67. The van der Waals surface area contributed by atoms with Gasteiger partial charge in [0.2, 0.25) is 0 Å². The van der Waals surface area contributed by atoms with Gasteiger partial charge in [0.25, 0.3) is 0 Å². The van der Waals surface area contributed by atoms with Crippen molar-refractivity contribution in [2.45, 2.75) is 25.8 Å². The first-order valence-corrected chi connectivity index (χ1v) is 7.90. The van der Waals surface area contributed by atoms with Gasteiger partial charge < -0.3 is 14.0 Å². The number of rotatable bonds is 2. The lowest BCUT2D eigenvalue weighted by Gasteiger charge is -2.34. The molecule has 3 heterocycles. The van der Waals surface area contributed by atoms with Crippen LogP contribution >= 0.6 is 15.9 Å². The van der Waals surface area contributed by atoms with E-state index in [1.165, 1.54) is 0 Å². The van der Waals surface area contributed by atoms with Crippen molar-refractivity contribution in [1.29, 1.82) is 0 Å². The number of halogens is 1. The third-order valence-electron chi connectivity index (χ3n) is 4.24. The number of hydrogen-bond acceptors (Lipinski definition) is 2. The maximum absolute atomic E-state index is 7.41. The molecule has 2 aromatic heterocycles. The van der Waals surface area contributed by atoms with E-state index in [2.05, 4.69) is 49.4 Å². The second-order valence-electron chi connectivity index (χ2n) is 5.50. The molecule has 0 unspecified atom stereocenters. The van der Waals surface area contributed by atoms with Crippen molar-refractivity contribution < 1.29 is 4.74 Å². The second-order valence-corrected chi connectivity index (χ2v) is 6.41. The Morgan fingerprint density at radius 2 is 2.10 bits per heavy atom. The van der Waals surface area contributed by atoms with Gasteiger partial charge in [0, 0.05) is 42.5 Å². The molecule has 3 rings (SSSR count). The molecule has 0 aliphatic carbocycles. The van der Waals surface area contributed by atoms with E-state index in [1.807, 2.05) is 13.0 Å². The fourth-order valence-electron chi connectivity index (χ4n) is 3.08. The van der Waals surface area contributed by atoms with Crippen LogP contribution in [0.25, 0.3) is 10.4 Å². The van der Waals surface area contributed by atoms with Crippen LogP contribution < -0.4 is 4.90 Å². The summed E-state index contributed by atoms with van der Waals surface area (Å²) in [5.41, 5.74) is 2.81. The highest BCUT2D eigenvalue weighted by Crippen LogP contribution is 2.34. The third kappa shape index (κ3) is 2.54. The van der Waals surface area contributed by atoms with Crippen molar-refractivity contribution >= 4 is 33.0 Å². The van der Waals surface area contributed by atoms with E-state index in [1.54, 1.807) is 0 Å². The molecule has 4 nitrogen and oxygen atoms in total. The lowest BCUT2D eigenvalue weighted by atomic mass is 10.1. The molecule has 0 saturated carbocycles. The lowest BCUT2D eigenvalue weighted by Crippen LogP contribution is -2.38. The van der Waals surface area contributed by atoms with Gasteiger partial charge in [-0.05, 0) is 53.4 Å². The third-order valence-corrected chi connectivity index (χ3v) is 4.68. The highest BCUT2D eigenvalue weighted by atomic mass is 79.9. The van der Waals surface area contributed by atoms with Crippen molar-refractivity contribution in [3.8, 4) is 0 Å². The van der Waals surface area contributed by atoms with Crippen LogP contribution in [0.1, 0.15) is 18.4 Å². The Kier molecular flexibility index (Phi) is 3.92. The van der Waals surface area contributed by atoms with Crippen LogP contribution in [-0.2, 0) is 4.74 Å². The molecule has 110 valence electrons. The van der Waals surface area contributed by atoms with E-state index in [0.717, 1.165) is 53.1 Å². The fraction of sp³-hybridized carbons (Fsp3) is 0.438. The number of ether oxygens (including phenoxy) is 1. The van der Waals surface area contributed by atoms with Crippen molar-refractivity contribution in [1.82, 2.24) is 4.40 Å². The minimum Gasteiger partial charge on any atom is -0.381 e. The van der Waals surface area contributed by atoms with Gasteiger partial charge in [0.1, 0.15) is 5.82 Å². The minimum atomic E-state index is 0.461. The molecule has 1 fully saturated rings. The van der Waals surface area contributed by atoms with Crippen LogP contribution in [0.2, 0.25) is 0 Å². The summed E-state index contributed by atoms with van der Waals surface area (Å²) in [5, 5.41) is 0. The zero-order valence-electron chi connectivity index (χ0n) is 12.3. The minimum absolute atomic E-state index is 0.461. The van der Waals surface area contributed by atoms with Crippen LogP contribution in [-0.4, -0.2) is 30.7 Å². The molecule has 0 atom stereocenters. The Morgan fingerprint density at radius 1 is 1.38 bits per heavy atom. The Bertz CT molecular complexity index is 710. The van der Waals surface area contributed by atoms with Gasteiger partial charge in [-0.2, -0.15) is 0 Å². The van der Waals surface area contributed by atoms with E-state index in [0.29, 0.717) is 6.04 Å². The molecule has 1 saturated heterocycles. The number of aromatic nitrogens is 1. The Morgan fingerprint density at radius 3 is 2.76 bits per heavy atom. The van der Waals surface area contributed by atoms with Crippen LogP contribution in [0, 0.1) is 13.5 Å². The molecular formula is C16H18BrN3O. The van der Waals surface area contributed by atoms with Gasteiger partial charge in [0.05, 0.1) is 6.57 Å². The largest absolute Gasteiger partial charge is 0.381 e. The summed E-state index contributed by atoms with van der Waals surface area (Å²) in [6.07, 6.45) is 4.13. The highest BCUT2D eigenvalue weighted by Gasteiger charge is 2.23. The van der Waals surface area contributed by atoms with Crippen LogP contribution in [0.5, 0.6) is 0 Å². The van der Waals surface area contributed by atoms with Gasteiger partial charge in [-0.1, -0.05) is 0 Å². The number of hydrogen-bond donors (Lipinski definition) is 0. The predicted octanol–water partition coefficient (Wildman–Crippen LogP) is 4.18. The molecule has 0 N–H and O–H groups in total.